The molecule has 4 rings (SSSR count). The van der Waals surface area contributed by atoms with Gasteiger partial charge in [0.15, 0.2) is 0 Å². The molecule has 0 aliphatic carbocycles. The number of hydrogen-bond donors (Lipinski definition) is 0. The van der Waals surface area contributed by atoms with Crippen molar-refractivity contribution in [2.24, 2.45) is 0 Å². The fourth-order valence-corrected chi connectivity index (χ4v) is 3.98. The Morgan fingerprint density at radius 1 is 1.20 bits per heavy atom. The van der Waals surface area contributed by atoms with Gasteiger partial charge in [-0.05, 0) is 44.5 Å². The molecule has 0 saturated carbocycles. The number of pyridine rings is 1. The maximum Gasteiger partial charge on any atom is 0.242 e. The highest BCUT2D eigenvalue weighted by atomic mass is 35.5. The zero-order chi connectivity index (χ0) is 21.3. The first-order valence-corrected chi connectivity index (χ1v) is 10.3. The molecule has 1 aliphatic rings. The third-order valence-electron chi connectivity index (χ3n) is 5.55. The molecule has 156 valence electrons. The Labute approximate surface area is 181 Å². The van der Waals surface area contributed by atoms with Crippen molar-refractivity contribution in [2.75, 3.05) is 13.7 Å². The standard InChI is InChI=1S/C23H25ClN4O2/c1-23(2)12-19(14-30-23)27(3)20(29)13-28-15-26-21(16-4-6-18(24)7-5-16)22(28)17-8-10-25-11-9-17/h4-11,15,19H,12-14H2,1-3H3. The van der Waals surface area contributed by atoms with E-state index >= 15 is 0 Å². The Morgan fingerprint density at radius 3 is 2.53 bits per heavy atom. The number of aromatic nitrogens is 3. The summed E-state index contributed by atoms with van der Waals surface area (Å²) >= 11 is 6.05. The van der Waals surface area contributed by atoms with E-state index in [0.29, 0.717) is 11.6 Å². The van der Waals surface area contributed by atoms with Gasteiger partial charge in [0, 0.05) is 35.6 Å². The van der Waals surface area contributed by atoms with Crippen LogP contribution in [0.3, 0.4) is 0 Å². The molecule has 1 fully saturated rings. The number of rotatable bonds is 5. The fraction of sp³-hybridized carbons (Fsp3) is 0.348. The molecule has 1 amide bonds. The van der Waals surface area contributed by atoms with Crippen molar-refractivity contribution >= 4 is 17.5 Å². The number of nitrogens with zero attached hydrogens (tertiary/aromatic N) is 4. The van der Waals surface area contributed by atoms with Crippen LogP contribution >= 0.6 is 11.6 Å². The third kappa shape index (κ3) is 4.25. The van der Waals surface area contributed by atoms with E-state index in [1.54, 1.807) is 23.6 Å². The number of benzene rings is 1. The Balaban J connectivity index is 1.65. The number of carbonyl (C=O) groups excluding carboxylic acids is 1. The molecule has 30 heavy (non-hydrogen) atoms. The number of carbonyl (C=O) groups is 1. The number of likely N-dealkylation sites (N-methyl/N-ethyl adjacent to an activating group) is 1. The van der Waals surface area contributed by atoms with Crippen LogP contribution in [0.2, 0.25) is 5.02 Å². The molecule has 0 N–H and O–H groups in total. The highest BCUT2D eigenvalue weighted by Gasteiger charge is 2.35. The van der Waals surface area contributed by atoms with Gasteiger partial charge in [0.1, 0.15) is 6.54 Å². The van der Waals surface area contributed by atoms with Crippen LogP contribution in [0, 0.1) is 0 Å². The maximum absolute atomic E-state index is 13.1. The van der Waals surface area contributed by atoms with E-state index in [9.17, 15) is 4.79 Å². The molecule has 1 unspecified atom stereocenters. The second-order valence-electron chi connectivity index (χ2n) is 8.25. The van der Waals surface area contributed by atoms with Gasteiger partial charge >= 0.3 is 0 Å². The summed E-state index contributed by atoms with van der Waals surface area (Å²) in [5.41, 5.74) is 3.38. The van der Waals surface area contributed by atoms with Gasteiger partial charge < -0.3 is 14.2 Å². The van der Waals surface area contributed by atoms with E-state index < -0.39 is 0 Å². The van der Waals surface area contributed by atoms with Crippen LogP contribution in [0.15, 0.2) is 55.1 Å². The number of imidazole rings is 1. The van der Waals surface area contributed by atoms with Crippen molar-refractivity contribution in [3.63, 3.8) is 0 Å². The summed E-state index contributed by atoms with van der Waals surface area (Å²) in [4.78, 5) is 23.6. The molecular weight excluding hydrogens is 400 g/mol. The molecule has 3 aromatic rings. The monoisotopic (exact) mass is 424 g/mol. The topological polar surface area (TPSA) is 60.2 Å². The van der Waals surface area contributed by atoms with Crippen molar-refractivity contribution in [2.45, 2.75) is 38.5 Å². The van der Waals surface area contributed by atoms with E-state index in [2.05, 4.69) is 23.8 Å². The molecule has 1 saturated heterocycles. The SMILES string of the molecule is CN(C(=O)Cn1cnc(-c2ccc(Cl)cc2)c1-c1ccncc1)C1COC(C)(C)C1. The van der Waals surface area contributed by atoms with Gasteiger partial charge in [-0.2, -0.15) is 0 Å². The zero-order valence-corrected chi connectivity index (χ0v) is 18.1. The summed E-state index contributed by atoms with van der Waals surface area (Å²) in [6.45, 7) is 4.88. The summed E-state index contributed by atoms with van der Waals surface area (Å²) in [6, 6.07) is 11.5. The van der Waals surface area contributed by atoms with Crippen LogP contribution < -0.4 is 0 Å². The van der Waals surface area contributed by atoms with Crippen molar-refractivity contribution in [1.29, 1.82) is 0 Å². The van der Waals surface area contributed by atoms with Gasteiger partial charge in [-0.15, -0.1) is 0 Å². The van der Waals surface area contributed by atoms with E-state index in [4.69, 9.17) is 16.3 Å². The van der Waals surface area contributed by atoms with Gasteiger partial charge in [0.25, 0.3) is 0 Å². The number of halogens is 1. The quantitative estimate of drug-likeness (QED) is 0.613. The molecule has 0 radical (unpaired) electrons. The Bertz CT molecular complexity index is 1030. The Kier molecular flexibility index (Phi) is 5.62. The van der Waals surface area contributed by atoms with Crippen LogP contribution in [0.5, 0.6) is 0 Å². The normalized spacial score (nSPS) is 17.8. The Hall–Kier alpha value is -2.70. The van der Waals surface area contributed by atoms with Crippen molar-refractivity contribution in [1.82, 2.24) is 19.4 Å². The predicted molar refractivity (Wildman–Crippen MR) is 117 cm³/mol. The lowest BCUT2D eigenvalue weighted by Gasteiger charge is -2.25. The van der Waals surface area contributed by atoms with Gasteiger partial charge in [-0.3, -0.25) is 9.78 Å². The molecule has 6 nitrogen and oxygen atoms in total. The molecule has 7 heteroatoms. The molecule has 0 bridgehead atoms. The minimum atomic E-state index is -0.196. The van der Waals surface area contributed by atoms with E-state index in [1.165, 1.54) is 0 Å². The molecule has 1 atom stereocenters. The van der Waals surface area contributed by atoms with Crippen LogP contribution in [-0.2, 0) is 16.1 Å². The summed E-state index contributed by atoms with van der Waals surface area (Å²) in [5, 5.41) is 0.669. The van der Waals surface area contributed by atoms with E-state index in [0.717, 1.165) is 28.9 Å². The summed E-state index contributed by atoms with van der Waals surface area (Å²) in [7, 11) is 1.85. The molecular formula is C23H25ClN4O2. The van der Waals surface area contributed by atoms with Gasteiger partial charge in [0.05, 0.1) is 36.0 Å². The predicted octanol–water partition coefficient (Wildman–Crippen LogP) is 4.29. The lowest BCUT2D eigenvalue weighted by molar-refractivity contribution is -0.132. The van der Waals surface area contributed by atoms with Crippen molar-refractivity contribution < 1.29 is 9.53 Å². The average molecular weight is 425 g/mol. The summed E-state index contributed by atoms with van der Waals surface area (Å²) < 4.78 is 7.71. The maximum atomic E-state index is 13.1. The second kappa shape index (κ2) is 8.20. The highest BCUT2D eigenvalue weighted by molar-refractivity contribution is 6.30. The zero-order valence-electron chi connectivity index (χ0n) is 17.4. The van der Waals surface area contributed by atoms with Crippen LogP contribution in [-0.4, -0.2) is 50.6 Å². The van der Waals surface area contributed by atoms with Gasteiger partial charge in [0.2, 0.25) is 5.91 Å². The smallest absolute Gasteiger partial charge is 0.242 e. The number of hydrogen-bond acceptors (Lipinski definition) is 4. The van der Waals surface area contributed by atoms with Gasteiger partial charge in [-0.1, -0.05) is 23.7 Å². The minimum Gasteiger partial charge on any atom is -0.373 e. The first-order valence-electron chi connectivity index (χ1n) is 9.95. The van der Waals surface area contributed by atoms with E-state index in [-0.39, 0.29) is 24.1 Å². The third-order valence-corrected chi connectivity index (χ3v) is 5.80. The van der Waals surface area contributed by atoms with Crippen LogP contribution in [0.1, 0.15) is 20.3 Å². The van der Waals surface area contributed by atoms with Crippen molar-refractivity contribution in [3.8, 4) is 22.5 Å². The first-order chi connectivity index (χ1) is 14.3. The molecule has 1 aliphatic heterocycles. The first kappa shape index (κ1) is 20.6. The largest absolute Gasteiger partial charge is 0.373 e. The summed E-state index contributed by atoms with van der Waals surface area (Å²) in [6.07, 6.45) is 6.03. The molecule has 1 aromatic carbocycles. The molecule has 3 heterocycles. The fourth-order valence-electron chi connectivity index (χ4n) is 3.85. The number of ether oxygens (including phenoxy) is 1. The molecule has 2 aromatic heterocycles. The highest BCUT2D eigenvalue weighted by Crippen LogP contribution is 2.32. The lowest BCUT2D eigenvalue weighted by atomic mass is 10.0. The number of amides is 1. The summed E-state index contributed by atoms with van der Waals surface area (Å²) in [5.74, 6) is 0.0247. The van der Waals surface area contributed by atoms with Gasteiger partial charge in [-0.25, -0.2) is 4.98 Å². The average Bonchev–Trinajstić information content (AvgIpc) is 3.31. The van der Waals surface area contributed by atoms with Crippen LogP contribution in [0.25, 0.3) is 22.5 Å². The molecule has 0 spiro atoms. The van der Waals surface area contributed by atoms with Crippen molar-refractivity contribution in [3.05, 3.63) is 60.1 Å². The second-order valence-corrected chi connectivity index (χ2v) is 8.68. The Morgan fingerprint density at radius 2 is 1.90 bits per heavy atom. The van der Waals surface area contributed by atoms with Crippen LogP contribution in [0.4, 0.5) is 0 Å². The lowest BCUT2D eigenvalue weighted by Crippen LogP contribution is -2.39. The minimum absolute atomic E-state index is 0.0247. The van der Waals surface area contributed by atoms with E-state index in [1.807, 2.05) is 48.0 Å².